The maximum Gasteiger partial charge on any atom is 0.253 e. The van der Waals surface area contributed by atoms with Crippen LogP contribution in [0.3, 0.4) is 0 Å². The summed E-state index contributed by atoms with van der Waals surface area (Å²) >= 11 is 0. The van der Waals surface area contributed by atoms with E-state index in [-0.39, 0.29) is 11.9 Å². The molecule has 0 saturated heterocycles. The van der Waals surface area contributed by atoms with Crippen LogP contribution in [-0.2, 0) is 0 Å². The molecule has 0 spiro atoms. The summed E-state index contributed by atoms with van der Waals surface area (Å²) in [5.74, 6) is 1.08. The van der Waals surface area contributed by atoms with Crippen LogP contribution in [0.4, 0.5) is 0 Å². The second-order valence-electron chi connectivity index (χ2n) is 6.11. The van der Waals surface area contributed by atoms with Crippen LogP contribution in [0.5, 0.6) is 0 Å². The Kier molecular flexibility index (Phi) is 3.33. The number of hydrogen-bond donors (Lipinski definition) is 1. The molecule has 1 aliphatic rings. The maximum absolute atomic E-state index is 12.6. The molecule has 116 valence electrons. The van der Waals surface area contributed by atoms with Crippen molar-refractivity contribution in [3.63, 3.8) is 0 Å². The van der Waals surface area contributed by atoms with Crippen molar-refractivity contribution in [3.8, 4) is 0 Å². The zero-order valence-electron chi connectivity index (χ0n) is 12.9. The van der Waals surface area contributed by atoms with Gasteiger partial charge in [0, 0.05) is 29.8 Å². The Morgan fingerprint density at radius 3 is 2.96 bits per heavy atom. The van der Waals surface area contributed by atoms with E-state index < -0.39 is 0 Å². The van der Waals surface area contributed by atoms with E-state index in [1.165, 1.54) is 0 Å². The molecule has 5 nitrogen and oxygen atoms in total. The summed E-state index contributed by atoms with van der Waals surface area (Å²) in [6.45, 7) is 1.94. The third-order valence-electron chi connectivity index (χ3n) is 4.24. The van der Waals surface area contributed by atoms with Gasteiger partial charge < -0.3 is 9.72 Å². The first-order valence-electron chi connectivity index (χ1n) is 7.88. The highest BCUT2D eigenvalue weighted by atomic mass is 16.1. The Morgan fingerprint density at radius 2 is 2.22 bits per heavy atom. The summed E-state index contributed by atoms with van der Waals surface area (Å²) in [5.41, 5.74) is 2.59. The van der Waals surface area contributed by atoms with Crippen LogP contribution in [0, 0.1) is 12.8 Å². The Bertz CT molecular complexity index is 833. The third kappa shape index (κ3) is 2.82. The number of amides is 1. The van der Waals surface area contributed by atoms with Crippen molar-refractivity contribution < 1.29 is 4.79 Å². The van der Waals surface area contributed by atoms with Crippen LogP contribution in [-0.4, -0.2) is 20.3 Å². The van der Waals surface area contributed by atoms with E-state index in [1.54, 1.807) is 6.20 Å². The minimum absolute atomic E-state index is 0.0734. The number of aryl methyl sites for hydroxylation is 1. The third-order valence-corrected chi connectivity index (χ3v) is 4.24. The van der Waals surface area contributed by atoms with Gasteiger partial charge in [-0.1, -0.05) is 6.07 Å². The number of rotatable bonds is 4. The SMILES string of the molecule is Cc1ccnc([C@H](NC(=O)c2cc3ccccn3c2)C2CC2)n1. The number of hydrogen-bond acceptors (Lipinski definition) is 3. The molecule has 1 amide bonds. The van der Waals surface area contributed by atoms with E-state index in [1.807, 2.05) is 54.0 Å². The number of pyridine rings is 1. The predicted molar refractivity (Wildman–Crippen MR) is 87.1 cm³/mol. The largest absolute Gasteiger partial charge is 0.342 e. The lowest BCUT2D eigenvalue weighted by Gasteiger charge is -2.16. The van der Waals surface area contributed by atoms with Gasteiger partial charge in [-0.2, -0.15) is 0 Å². The van der Waals surface area contributed by atoms with Crippen molar-refractivity contribution in [2.24, 2.45) is 5.92 Å². The zero-order chi connectivity index (χ0) is 15.8. The molecule has 23 heavy (non-hydrogen) atoms. The molecule has 3 aromatic heterocycles. The predicted octanol–water partition coefficient (Wildman–Crippen LogP) is 2.92. The first-order chi connectivity index (χ1) is 11.2. The molecule has 4 rings (SSSR count). The highest BCUT2D eigenvalue weighted by molar-refractivity contribution is 5.95. The second-order valence-corrected chi connectivity index (χ2v) is 6.11. The van der Waals surface area contributed by atoms with Crippen LogP contribution < -0.4 is 5.32 Å². The lowest BCUT2D eigenvalue weighted by atomic mass is 10.1. The lowest BCUT2D eigenvalue weighted by Crippen LogP contribution is -2.31. The summed E-state index contributed by atoms with van der Waals surface area (Å²) in [5, 5.41) is 3.12. The van der Waals surface area contributed by atoms with Gasteiger partial charge in [0.25, 0.3) is 5.91 Å². The molecule has 1 saturated carbocycles. The number of carbonyl (C=O) groups excluding carboxylic acids is 1. The Morgan fingerprint density at radius 1 is 1.35 bits per heavy atom. The zero-order valence-corrected chi connectivity index (χ0v) is 12.9. The van der Waals surface area contributed by atoms with Gasteiger partial charge >= 0.3 is 0 Å². The summed E-state index contributed by atoms with van der Waals surface area (Å²) < 4.78 is 1.95. The van der Waals surface area contributed by atoms with Gasteiger partial charge in [-0.25, -0.2) is 9.97 Å². The summed E-state index contributed by atoms with van der Waals surface area (Å²) in [6, 6.07) is 9.56. The van der Waals surface area contributed by atoms with Gasteiger partial charge in [-0.05, 0) is 49.9 Å². The molecule has 5 heteroatoms. The molecule has 3 aromatic rings. The second kappa shape index (κ2) is 5.50. The summed E-state index contributed by atoms with van der Waals surface area (Å²) in [4.78, 5) is 21.5. The fourth-order valence-corrected chi connectivity index (χ4v) is 2.85. The van der Waals surface area contributed by atoms with E-state index >= 15 is 0 Å². The number of nitrogens with one attached hydrogen (secondary N) is 1. The van der Waals surface area contributed by atoms with Gasteiger partial charge in [0.15, 0.2) is 5.82 Å². The number of aromatic nitrogens is 3. The van der Waals surface area contributed by atoms with E-state index in [0.717, 1.165) is 24.1 Å². The minimum Gasteiger partial charge on any atom is -0.342 e. The van der Waals surface area contributed by atoms with Crippen molar-refractivity contribution in [2.45, 2.75) is 25.8 Å². The number of carbonyl (C=O) groups is 1. The lowest BCUT2D eigenvalue weighted by molar-refractivity contribution is 0.0929. The van der Waals surface area contributed by atoms with Crippen molar-refractivity contribution in [1.29, 1.82) is 0 Å². The number of fused-ring (bicyclic) bond motifs is 1. The first kappa shape index (κ1) is 13.9. The van der Waals surface area contributed by atoms with Gasteiger partial charge in [-0.15, -0.1) is 0 Å². The molecule has 1 N–H and O–H groups in total. The molecule has 0 unspecified atom stereocenters. The van der Waals surface area contributed by atoms with E-state index in [2.05, 4.69) is 15.3 Å². The molecule has 1 fully saturated rings. The molecule has 1 aliphatic carbocycles. The first-order valence-corrected chi connectivity index (χ1v) is 7.88. The van der Waals surface area contributed by atoms with E-state index in [0.29, 0.717) is 17.3 Å². The molecule has 3 heterocycles. The summed E-state index contributed by atoms with van der Waals surface area (Å²) in [6.07, 6.45) is 7.77. The average Bonchev–Trinajstić information content (AvgIpc) is 3.29. The molecule has 0 radical (unpaired) electrons. The normalized spacial score (nSPS) is 15.5. The highest BCUT2D eigenvalue weighted by Crippen LogP contribution is 2.40. The molecular weight excluding hydrogens is 288 g/mol. The Balaban J connectivity index is 1.60. The Hall–Kier alpha value is -2.69. The quantitative estimate of drug-likeness (QED) is 0.806. The van der Waals surface area contributed by atoms with Gasteiger partial charge in [0.2, 0.25) is 0 Å². The fraction of sp³-hybridized carbons (Fsp3) is 0.278. The molecule has 1 atom stereocenters. The molecule has 0 bridgehead atoms. The van der Waals surface area contributed by atoms with Crippen molar-refractivity contribution in [1.82, 2.24) is 19.7 Å². The van der Waals surface area contributed by atoms with Gasteiger partial charge in [-0.3, -0.25) is 4.79 Å². The van der Waals surface area contributed by atoms with Gasteiger partial charge in [0.05, 0.1) is 11.6 Å². The van der Waals surface area contributed by atoms with Crippen LogP contribution in [0.15, 0.2) is 48.9 Å². The highest BCUT2D eigenvalue weighted by Gasteiger charge is 2.35. The van der Waals surface area contributed by atoms with Crippen LogP contribution in [0.2, 0.25) is 0 Å². The fourth-order valence-electron chi connectivity index (χ4n) is 2.85. The summed E-state index contributed by atoms with van der Waals surface area (Å²) in [7, 11) is 0. The van der Waals surface area contributed by atoms with E-state index in [9.17, 15) is 4.79 Å². The van der Waals surface area contributed by atoms with Gasteiger partial charge in [0.1, 0.15) is 0 Å². The van der Waals surface area contributed by atoms with Crippen LogP contribution in [0.1, 0.15) is 40.8 Å². The minimum atomic E-state index is -0.106. The van der Waals surface area contributed by atoms with Crippen molar-refractivity contribution >= 4 is 11.4 Å². The monoisotopic (exact) mass is 306 g/mol. The maximum atomic E-state index is 12.6. The molecular formula is C18H18N4O. The standard InChI is InChI=1S/C18H18N4O/c1-12-7-8-19-17(20-12)16(13-5-6-13)21-18(23)14-10-15-4-2-3-9-22(15)11-14/h2-4,7-11,13,16H,5-6H2,1H3,(H,21,23)/t16-/m1/s1. The van der Waals surface area contributed by atoms with Crippen molar-refractivity contribution in [3.05, 3.63) is 66.0 Å². The topological polar surface area (TPSA) is 59.3 Å². The van der Waals surface area contributed by atoms with Crippen LogP contribution in [0.25, 0.3) is 5.52 Å². The molecule has 0 aromatic carbocycles. The van der Waals surface area contributed by atoms with E-state index in [4.69, 9.17) is 0 Å². The number of nitrogens with zero attached hydrogens (tertiary/aromatic N) is 3. The smallest absolute Gasteiger partial charge is 0.253 e. The molecule has 0 aliphatic heterocycles. The van der Waals surface area contributed by atoms with Crippen molar-refractivity contribution in [2.75, 3.05) is 0 Å². The Labute approximate surface area is 134 Å². The average molecular weight is 306 g/mol. The van der Waals surface area contributed by atoms with Crippen LogP contribution >= 0.6 is 0 Å².